The lowest BCUT2D eigenvalue weighted by atomic mass is 9.99. The van der Waals surface area contributed by atoms with E-state index in [2.05, 4.69) is 4.98 Å². The second kappa shape index (κ2) is 7.92. The summed E-state index contributed by atoms with van der Waals surface area (Å²) in [5.41, 5.74) is 1.90. The summed E-state index contributed by atoms with van der Waals surface area (Å²) in [6.45, 7) is 0. The molecule has 0 spiro atoms. The van der Waals surface area contributed by atoms with Gasteiger partial charge in [0, 0.05) is 12.0 Å². The number of carbonyl (C=O) groups excluding carboxylic acids is 1. The van der Waals surface area contributed by atoms with Crippen molar-refractivity contribution in [2.45, 2.75) is 6.42 Å². The number of carbonyl (C=O) groups is 1. The standard InChI is InChI=1S/C20H17NO5S/c1-26-17-10-12(7-9-16(17)23)6-8-15(22)14-5-3-2-4-13(14)11-18-19(24)21-20(25)27-18/h2-10,23-24H,11H2,1H3,(H,21,25). The Morgan fingerprint density at radius 3 is 2.70 bits per heavy atom. The molecule has 0 amide bonds. The van der Waals surface area contributed by atoms with E-state index < -0.39 is 0 Å². The van der Waals surface area contributed by atoms with Crippen LogP contribution in [0.2, 0.25) is 0 Å². The number of phenols is 1. The van der Waals surface area contributed by atoms with Crippen LogP contribution in [0.25, 0.3) is 6.08 Å². The maximum Gasteiger partial charge on any atom is 0.307 e. The number of thiazole rings is 1. The number of nitrogens with one attached hydrogen (secondary N) is 1. The van der Waals surface area contributed by atoms with E-state index in [4.69, 9.17) is 4.74 Å². The highest BCUT2D eigenvalue weighted by Crippen LogP contribution is 2.27. The predicted molar refractivity (Wildman–Crippen MR) is 104 cm³/mol. The van der Waals surface area contributed by atoms with Crippen LogP contribution in [-0.2, 0) is 6.42 Å². The SMILES string of the molecule is COc1cc(C=CC(=O)c2ccccc2Cc2sc(=O)[nH]c2O)ccc1O. The van der Waals surface area contributed by atoms with Crippen molar-refractivity contribution in [3.8, 4) is 17.4 Å². The van der Waals surface area contributed by atoms with Crippen molar-refractivity contribution in [3.63, 3.8) is 0 Å². The van der Waals surface area contributed by atoms with Crippen LogP contribution in [0.4, 0.5) is 0 Å². The summed E-state index contributed by atoms with van der Waals surface area (Å²) in [4.78, 5) is 26.5. The number of ketones is 1. The van der Waals surface area contributed by atoms with Gasteiger partial charge in [0.05, 0.1) is 12.0 Å². The molecular weight excluding hydrogens is 366 g/mol. The monoisotopic (exact) mass is 383 g/mol. The Labute approximate surface area is 159 Å². The highest BCUT2D eigenvalue weighted by atomic mass is 32.1. The summed E-state index contributed by atoms with van der Waals surface area (Å²) in [6.07, 6.45) is 3.34. The topological polar surface area (TPSA) is 99.6 Å². The summed E-state index contributed by atoms with van der Waals surface area (Å²) < 4.78 is 5.06. The summed E-state index contributed by atoms with van der Waals surface area (Å²) >= 11 is 0.917. The number of aromatic amines is 1. The van der Waals surface area contributed by atoms with Gasteiger partial charge < -0.3 is 14.9 Å². The quantitative estimate of drug-likeness (QED) is 0.448. The van der Waals surface area contributed by atoms with E-state index in [0.29, 0.717) is 27.3 Å². The van der Waals surface area contributed by atoms with E-state index >= 15 is 0 Å². The molecule has 0 saturated heterocycles. The summed E-state index contributed by atoms with van der Waals surface area (Å²) in [5.74, 6) is -0.0292. The smallest absolute Gasteiger partial charge is 0.307 e. The first-order valence-corrected chi connectivity index (χ1v) is 8.88. The fourth-order valence-electron chi connectivity index (χ4n) is 2.62. The molecule has 1 aromatic heterocycles. The van der Waals surface area contributed by atoms with Gasteiger partial charge >= 0.3 is 4.87 Å². The molecule has 3 aromatic rings. The van der Waals surface area contributed by atoms with Crippen LogP contribution in [0.1, 0.15) is 26.4 Å². The highest BCUT2D eigenvalue weighted by molar-refractivity contribution is 7.09. The fraction of sp³-hybridized carbons (Fsp3) is 0.100. The Morgan fingerprint density at radius 1 is 1.22 bits per heavy atom. The summed E-state index contributed by atoms with van der Waals surface area (Å²) in [5, 5.41) is 19.4. The van der Waals surface area contributed by atoms with E-state index in [0.717, 1.165) is 11.3 Å². The van der Waals surface area contributed by atoms with Gasteiger partial charge in [0.15, 0.2) is 17.3 Å². The number of methoxy groups -OCH3 is 1. The number of hydrogen-bond donors (Lipinski definition) is 3. The number of ether oxygens (including phenoxy) is 1. The van der Waals surface area contributed by atoms with Crippen LogP contribution in [0.15, 0.2) is 53.3 Å². The van der Waals surface area contributed by atoms with Gasteiger partial charge in [-0.25, -0.2) is 0 Å². The molecule has 0 aliphatic carbocycles. The van der Waals surface area contributed by atoms with Gasteiger partial charge in [-0.1, -0.05) is 47.7 Å². The zero-order valence-corrected chi connectivity index (χ0v) is 15.2. The third-order valence-electron chi connectivity index (χ3n) is 3.97. The minimum absolute atomic E-state index is 0.0247. The van der Waals surface area contributed by atoms with Crippen LogP contribution < -0.4 is 9.61 Å². The molecule has 0 aliphatic heterocycles. The number of aromatic hydroxyl groups is 2. The molecule has 0 fully saturated rings. The highest BCUT2D eigenvalue weighted by Gasteiger charge is 2.13. The minimum Gasteiger partial charge on any atom is -0.504 e. The van der Waals surface area contributed by atoms with Gasteiger partial charge in [0.1, 0.15) is 0 Å². The lowest BCUT2D eigenvalue weighted by Gasteiger charge is -2.06. The fourth-order valence-corrected chi connectivity index (χ4v) is 3.37. The van der Waals surface area contributed by atoms with Crippen LogP contribution in [-0.4, -0.2) is 28.1 Å². The molecule has 7 heteroatoms. The number of allylic oxidation sites excluding steroid dienone is 1. The Hall–Kier alpha value is -3.32. The number of hydrogen-bond acceptors (Lipinski definition) is 6. The van der Waals surface area contributed by atoms with Crippen LogP contribution in [0.3, 0.4) is 0 Å². The molecule has 0 aliphatic rings. The van der Waals surface area contributed by atoms with Crippen molar-refractivity contribution in [3.05, 3.63) is 79.8 Å². The molecule has 6 nitrogen and oxygen atoms in total. The average molecular weight is 383 g/mol. The van der Waals surface area contributed by atoms with Gasteiger partial charge in [0.2, 0.25) is 5.88 Å². The molecule has 0 bridgehead atoms. The second-order valence-electron chi connectivity index (χ2n) is 5.75. The number of benzene rings is 2. The maximum atomic E-state index is 12.6. The maximum absolute atomic E-state index is 12.6. The molecule has 27 heavy (non-hydrogen) atoms. The first-order valence-electron chi connectivity index (χ1n) is 8.06. The van der Waals surface area contributed by atoms with Crippen molar-refractivity contribution in [2.24, 2.45) is 0 Å². The van der Waals surface area contributed by atoms with Crippen molar-refractivity contribution in [2.75, 3.05) is 7.11 Å². The van der Waals surface area contributed by atoms with E-state index in [1.165, 1.54) is 19.3 Å². The number of rotatable bonds is 6. The molecule has 3 N–H and O–H groups in total. The van der Waals surface area contributed by atoms with Crippen molar-refractivity contribution in [1.29, 1.82) is 0 Å². The van der Waals surface area contributed by atoms with Crippen molar-refractivity contribution < 1.29 is 19.7 Å². The van der Waals surface area contributed by atoms with Crippen LogP contribution in [0.5, 0.6) is 17.4 Å². The lowest BCUT2D eigenvalue weighted by molar-refractivity contribution is 0.104. The first-order chi connectivity index (χ1) is 13.0. The zero-order chi connectivity index (χ0) is 19.4. The Balaban J connectivity index is 1.85. The van der Waals surface area contributed by atoms with E-state index in [1.807, 2.05) is 0 Å². The van der Waals surface area contributed by atoms with Gasteiger partial charge in [-0.2, -0.15) is 0 Å². The molecule has 0 unspecified atom stereocenters. The van der Waals surface area contributed by atoms with Crippen LogP contribution in [0, 0.1) is 0 Å². The largest absolute Gasteiger partial charge is 0.504 e. The second-order valence-corrected chi connectivity index (χ2v) is 6.82. The Bertz CT molecular complexity index is 1060. The molecule has 0 radical (unpaired) electrons. The van der Waals surface area contributed by atoms with Gasteiger partial charge in [-0.15, -0.1) is 0 Å². The molecule has 0 atom stereocenters. The lowest BCUT2D eigenvalue weighted by Crippen LogP contribution is -2.01. The third-order valence-corrected chi connectivity index (χ3v) is 4.84. The zero-order valence-electron chi connectivity index (χ0n) is 14.4. The van der Waals surface area contributed by atoms with Crippen LogP contribution >= 0.6 is 11.3 Å². The van der Waals surface area contributed by atoms with Gasteiger partial charge in [-0.05, 0) is 29.3 Å². The summed E-state index contributed by atoms with van der Waals surface area (Å²) in [7, 11) is 1.45. The molecule has 3 rings (SSSR count). The summed E-state index contributed by atoms with van der Waals surface area (Å²) in [6, 6.07) is 11.8. The van der Waals surface area contributed by atoms with Crippen molar-refractivity contribution in [1.82, 2.24) is 4.98 Å². The molecule has 1 heterocycles. The molecule has 138 valence electrons. The normalized spacial score (nSPS) is 11.0. The number of phenolic OH excluding ortho intramolecular Hbond substituents is 1. The van der Waals surface area contributed by atoms with Gasteiger partial charge in [-0.3, -0.25) is 14.6 Å². The van der Waals surface area contributed by atoms with E-state index in [1.54, 1.807) is 42.5 Å². The third kappa shape index (κ3) is 4.27. The van der Waals surface area contributed by atoms with Crippen molar-refractivity contribution >= 4 is 23.2 Å². The Morgan fingerprint density at radius 2 is 2.00 bits per heavy atom. The average Bonchev–Trinajstić information content (AvgIpc) is 2.98. The van der Waals surface area contributed by atoms with Gasteiger partial charge in [0.25, 0.3) is 0 Å². The predicted octanol–water partition coefficient (Wildman–Crippen LogP) is 3.34. The van der Waals surface area contributed by atoms with E-state index in [-0.39, 0.29) is 28.7 Å². The number of aromatic nitrogens is 1. The molecule has 2 aromatic carbocycles. The Kier molecular flexibility index (Phi) is 5.42. The minimum atomic E-state index is -0.340. The number of H-pyrrole nitrogens is 1. The van der Waals surface area contributed by atoms with E-state index in [9.17, 15) is 19.8 Å². The molecule has 0 saturated carbocycles. The molecular formula is C20H17NO5S. The first kappa shape index (κ1) is 18.5.